The van der Waals surface area contributed by atoms with Crippen molar-refractivity contribution in [3.63, 3.8) is 0 Å². The molecule has 5 nitrogen and oxygen atoms in total. The lowest BCUT2D eigenvalue weighted by Crippen LogP contribution is -2.47. The molecule has 1 aromatic rings. The van der Waals surface area contributed by atoms with Crippen LogP contribution in [-0.4, -0.2) is 30.1 Å². The average Bonchev–Trinajstić information content (AvgIpc) is 2.25. The number of nitrogen functional groups attached to an aromatic ring is 1. The zero-order valence-corrected chi connectivity index (χ0v) is 11.0. The maximum Gasteiger partial charge on any atom is 0.255 e. The molecule has 1 heterocycles. The van der Waals surface area contributed by atoms with Gasteiger partial charge in [-0.1, -0.05) is 0 Å². The van der Waals surface area contributed by atoms with Crippen molar-refractivity contribution in [2.45, 2.75) is 25.0 Å². The zero-order valence-electron chi connectivity index (χ0n) is 9.44. The van der Waals surface area contributed by atoms with Crippen LogP contribution in [-0.2, 0) is 4.74 Å². The van der Waals surface area contributed by atoms with Gasteiger partial charge in [-0.3, -0.25) is 4.79 Å². The van der Waals surface area contributed by atoms with Crippen molar-refractivity contribution in [1.29, 1.82) is 0 Å². The third kappa shape index (κ3) is 2.76. The number of hydrogen-bond donors (Lipinski definition) is 2. The highest BCUT2D eigenvalue weighted by Crippen LogP contribution is 2.23. The van der Waals surface area contributed by atoms with Crippen LogP contribution in [0.1, 0.15) is 23.2 Å². The number of halogens is 1. The maximum atomic E-state index is 11.9. The second-order valence-electron chi connectivity index (χ2n) is 4.09. The first kappa shape index (κ1) is 12.3. The molecule has 0 unspecified atom stereocenters. The van der Waals surface area contributed by atoms with Crippen molar-refractivity contribution in [2.75, 3.05) is 12.8 Å². The average molecular weight is 300 g/mol. The quantitative estimate of drug-likeness (QED) is 0.883. The van der Waals surface area contributed by atoms with Crippen molar-refractivity contribution in [1.82, 2.24) is 10.3 Å². The van der Waals surface area contributed by atoms with Crippen molar-refractivity contribution in [2.24, 2.45) is 0 Å². The number of nitrogens with two attached hydrogens (primary N) is 1. The van der Waals surface area contributed by atoms with Crippen molar-refractivity contribution < 1.29 is 9.53 Å². The van der Waals surface area contributed by atoms with Gasteiger partial charge < -0.3 is 15.8 Å². The second-order valence-corrected chi connectivity index (χ2v) is 5.00. The number of anilines is 1. The van der Waals surface area contributed by atoms with E-state index in [1.54, 1.807) is 19.4 Å². The Morgan fingerprint density at radius 2 is 2.35 bits per heavy atom. The van der Waals surface area contributed by atoms with Crippen LogP contribution in [0.4, 0.5) is 5.82 Å². The molecule has 2 rings (SSSR count). The molecule has 0 atom stereocenters. The Bertz CT molecular complexity index is 433. The Kier molecular flexibility index (Phi) is 3.63. The van der Waals surface area contributed by atoms with Crippen LogP contribution in [0.25, 0.3) is 0 Å². The largest absolute Gasteiger partial charge is 0.383 e. The minimum Gasteiger partial charge on any atom is -0.383 e. The standard InChI is InChI=1S/C11H14BrN3O2/c1-17-8-3-7(4-8)15-11(16)9-2-6(12)5-14-10(9)13/h2,5,7-8H,3-4H2,1H3,(H2,13,14)(H,15,16). The Hall–Kier alpha value is -1.14. The van der Waals surface area contributed by atoms with E-state index in [9.17, 15) is 4.79 Å². The summed E-state index contributed by atoms with van der Waals surface area (Å²) < 4.78 is 5.89. The monoisotopic (exact) mass is 299 g/mol. The smallest absolute Gasteiger partial charge is 0.255 e. The summed E-state index contributed by atoms with van der Waals surface area (Å²) in [6.45, 7) is 0. The van der Waals surface area contributed by atoms with Crippen LogP contribution in [0.15, 0.2) is 16.7 Å². The molecule has 1 aliphatic rings. The molecule has 92 valence electrons. The third-order valence-electron chi connectivity index (χ3n) is 2.89. The number of amides is 1. The summed E-state index contributed by atoms with van der Waals surface area (Å²) in [5.74, 6) is 0.0594. The van der Waals surface area contributed by atoms with Gasteiger partial charge in [0.1, 0.15) is 5.82 Å². The second kappa shape index (κ2) is 5.01. The fourth-order valence-corrected chi connectivity index (χ4v) is 2.10. The molecule has 0 aromatic carbocycles. The molecule has 1 amide bonds. The molecule has 0 radical (unpaired) electrons. The minimum atomic E-state index is -0.184. The van der Waals surface area contributed by atoms with E-state index in [-0.39, 0.29) is 23.9 Å². The van der Waals surface area contributed by atoms with E-state index >= 15 is 0 Å². The Balaban J connectivity index is 1.98. The normalized spacial score (nSPS) is 22.9. The van der Waals surface area contributed by atoms with Gasteiger partial charge in [-0.25, -0.2) is 4.98 Å². The number of carbonyl (C=O) groups excluding carboxylic acids is 1. The van der Waals surface area contributed by atoms with Gasteiger partial charge in [0.2, 0.25) is 0 Å². The third-order valence-corrected chi connectivity index (χ3v) is 3.33. The number of hydrogen-bond acceptors (Lipinski definition) is 4. The summed E-state index contributed by atoms with van der Waals surface area (Å²) in [6.07, 6.45) is 3.53. The van der Waals surface area contributed by atoms with Gasteiger partial charge in [0.25, 0.3) is 5.91 Å². The van der Waals surface area contributed by atoms with Crippen LogP contribution in [0.5, 0.6) is 0 Å². The predicted octanol–water partition coefficient (Wildman–Crippen LogP) is 1.33. The first-order chi connectivity index (χ1) is 8.10. The van der Waals surface area contributed by atoms with E-state index in [0.29, 0.717) is 5.56 Å². The zero-order chi connectivity index (χ0) is 12.4. The first-order valence-corrected chi connectivity index (χ1v) is 6.14. The summed E-state index contributed by atoms with van der Waals surface area (Å²) in [6, 6.07) is 1.84. The van der Waals surface area contributed by atoms with Crippen molar-refractivity contribution >= 4 is 27.7 Å². The predicted molar refractivity (Wildman–Crippen MR) is 67.6 cm³/mol. The number of ether oxygens (including phenoxy) is 1. The van der Waals surface area contributed by atoms with E-state index in [0.717, 1.165) is 17.3 Å². The number of aromatic nitrogens is 1. The van der Waals surface area contributed by atoms with Gasteiger partial charge in [-0.15, -0.1) is 0 Å². The van der Waals surface area contributed by atoms with Gasteiger partial charge in [-0.05, 0) is 34.8 Å². The molecule has 0 saturated heterocycles. The number of pyridine rings is 1. The molecule has 3 N–H and O–H groups in total. The summed E-state index contributed by atoms with van der Waals surface area (Å²) in [5.41, 5.74) is 6.06. The molecule has 17 heavy (non-hydrogen) atoms. The van der Waals surface area contributed by atoms with Gasteiger partial charge in [0.15, 0.2) is 0 Å². The molecule has 0 aliphatic heterocycles. The fourth-order valence-electron chi connectivity index (χ4n) is 1.77. The number of rotatable bonds is 3. The van der Waals surface area contributed by atoms with E-state index in [1.165, 1.54) is 0 Å². The number of carbonyl (C=O) groups is 1. The van der Waals surface area contributed by atoms with Crippen LogP contribution in [0.3, 0.4) is 0 Å². The molecule has 1 aliphatic carbocycles. The van der Waals surface area contributed by atoms with Crippen LogP contribution < -0.4 is 11.1 Å². The minimum absolute atomic E-state index is 0.172. The molecule has 0 bridgehead atoms. The van der Waals surface area contributed by atoms with Crippen molar-refractivity contribution in [3.8, 4) is 0 Å². The highest BCUT2D eigenvalue weighted by atomic mass is 79.9. The summed E-state index contributed by atoms with van der Waals surface area (Å²) in [4.78, 5) is 15.9. The molecular formula is C11H14BrN3O2. The van der Waals surface area contributed by atoms with Gasteiger partial charge in [0, 0.05) is 23.8 Å². The number of methoxy groups -OCH3 is 1. The Morgan fingerprint density at radius 3 is 3.00 bits per heavy atom. The number of nitrogens with zero attached hydrogens (tertiary/aromatic N) is 1. The SMILES string of the molecule is COC1CC(NC(=O)c2cc(Br)cnc2N)C1. The molecule has 1 fully saturated rings. The van der Waals surface area contributed by atoms with Gasteiger partial charge in [-0.2, -0.15) is 0 Å². The Morgan fingerprint density at radius 1 is 1.65 bits per heavy atom. The van der Waals surface area contributed by atoms with Crippen LogP contribution >= 0.6 is 15.9 Å². The maximum absolute atomic E-state index is 11.9. The van der Waals surface area contributed by atoms with Crippen LogP contribution in [0.2, 0.25) is 0 Å². The van der Waals surface area contributed by atoms with Gasteiger partial charge >= 0.3 is 0 Å². The molecule has 0 spiro atoms. The summed E-state index contributed by atoms with van der Waals surface area (Å²) >= 11 is 3.26. The highest BCUT2D eigenvalue weighted by Gasteiger charge is 2.30. The molecule has 6 heteroatoms. The van der Waals surface area contributed by atoms with Crippen molar-refractivity contribution in [3.05, 3.63) is 22.3 Å². The topological polar surface area (TPSA) is 77.2 Å². The molecule has 1 aromatic heterocycles. The van der Waals surface area contributed by atoms with E-state index in [1.807, 2.05) is 0 Å². The molecule has 1 saturated carbocycles. The van der Waals surface area contributed by atoms with E-state index < -0.39 is 0 Å². The van der Waals surface area contributed by atoms with E-state index in [2.05, 4.69) is 26.2 Å². The lowest BCUT2D eigenvalue weighted by atomic mass is 9.89. The lowest BCUT2D eigenvalue weighted by molar-refractivity contribution is 0.0176. The first-order valence-electron chi connectivity index (χ1n) is 5.35. The molecular weight excluding hydrogens is 286 g/mol. The van der Waals surface area contributed by atoms with Gasteiger partial charge in [0.05, 0.1) is 11.7 Å². The van der Waals surface area contributed by atoms with E-state index in [4.69, 9.17) is 10.5 Å². The summed E-state index contributed by atoms with van der Waals surface area (Å²) in [7, 11) is 1.68. The summed E-state index contributed by atoms with van der Waals surface area (Å²) in [5, 5.41) is 2.91. The Labute approximate surface area is 108 Å². The highest BCUT2D eigenvalue weighted by molar-refractivity contribution is 9.10. The number of nitrogens with one attached hydrogen (secondary N) is 1. The van der Waals surface area contributed by atoms with Crippen LogP contribution in [0, 0.1) is 0 Å². The fraction of sp³-hybridized carbons (Fsp3) is 0.455. The lowest BCUT2D eigenvalue weighted by Gasteiger charge is -2.34.